The number of halogens is 3. The Bertz CT molecular complexity index is 1830. The van der Waals surface area contributed by atoms with Crippen LogP contribution < -0.4 is 4.90 Å². The highest BCUT2D eigenvalue weighted by molar-refractivity contribution is 6.35. The molecule has 228 valence electrons. The molecule has 4 aromatic rings. The Morgan fingerprint density at radius 2 is 1.62 bits per heavy atom. The van der Waals surface area contributed by atoms with Gasteiger partial charge in [-0.05, 0) is 79.6 Å². The molecule has 2 saturated carbocycles. The molecule has 3 fully saturated rings. The number of nitrogens with zero attached hydrogens (tertiary/aromatic N) is 2. The van der Waals surface area contributed by atoms with Gasteiger partial charge < -0.3 is 4.74 Å². The number of ether oxygens (including phenoxy) is 1. The molecule has 0 radical (unpaired) electrons. The number of anilines is 1. The van der Waals surface area contributed by atoms with E-state index in [4.69, 9.17) is 32.9 Å². The van der Waals surface area contributed by atoms with Crippen molar-refractivity contribution < 1.29 is 28.3 Å². The van der Waals surface area contributed by atoms with Gasteiger partial charge in [-0.1, -0.05) is 35.9 Å². The van der Waals surface area contributed by atoms with Gasteiger partial charge >= 0.3 is 5.97 Å². The van der Waals surface area contributed by atoms with Crippen LogP contribution in [0.3, 0.4) is 0 Å². The van der Waals surface area contributed by atoms with E-state index < -0.39 is 23.7 Å². The van der Waals surface area contributed by atoms with Gasteiger partial charge in [-0.15, -0.1) is 11.6 Å². The molecule has 3 aromatic carbocycles. The summed E-state index contributed by atoms with van der Waals surface area (Å²) in [6, 6.07) is 18.5. The number of benzene rings is 3. The Kier molecular flexibility index (Phi) is 7.66. The van der Waals surface area contributed by atoms with E-state index in [1.54, 1.807) is 48.5 Å². The number of para-hydroxylation sites is 1. The zero-order valence-corrected chi connectivity index (χ0v) is 25.4. The number of esters is 1. The minimum absolute atomic E-state index is 0.0518. The van der Waals surface area contributed by atoms with Crippen LogP contribution in [0.2, 0.25) is 5.02 Å². The van der Waals surface area contributed by atoms with Crippen molar-refractivity contribution >= 4 is 63.4 Å². The molecule has 0 N–H and O–H groups in total. The highest BCUT2D eigenvalue weighted by atomic mass is 35.5. The second-order valence-corrected chi connectivity index (χ2v) is 12.7. The van der Waals surface area contributed by atoms with E-state index in [0.717, 1.165) is 31.4 Å². The second kappa shape index (κ2) is 11.7. The monoisotopic (exact) mass is 644 g/mol. The molecular formula is C35H27Cl2FN2O5. The second-order valence-electron chi connectivity index (χ2n) is 11.9. The van der Waals surface area contributed by atoms with Gasteiger partial charge in [0.05, 0.1) is 39.3 Å². The molecule has 1 aliphatic heterocycles. The maximum atomic E-state index is 13.7. The lowest BCUT2D eigenvalue weighted by Crippen LogP contribution is -2.32. The van der Waals surface area contributed by atoms with Crippen LogP contribution in [0.1, 0.15) is 46.4 Å². The zero-order chi connectivity index (χ0) is 31.4. The van der Waals surface area contributed by atoms with Crippen molar-refractivity contribution in [1.29, 1.82) is 0 Å². The van der Waals surface area contributed by atoms with E-state index in [-0.39, 0.29) is 47.1 Å². The van der Waals surface area contributed by atoms with Gasteiger partial charge in [0.1, 0.15) is 5.82 Å². The number of fused-ring (bicyclic) bond motifs is 6. The molecule has 5 unspecified atom stereocenters. The molecule has 2 heterocycles. The molecule has 10 heteroatoms. The quantitative estimate of drug-likeness (QED) is 0.0867. The first-order valence-electron chi connectivity index (χ1n) is 14.9. The summed E-state index contributed by atoms with van der Waals surface area (Å²) < 4.78 is 19.1. The number of ketones is 1. The van der Waals surface area contributed by atoms with Crippen molar-refractivity contribution in [2.75, 3.05) is 10.8 Å². The van der Waals surface area contributed by atoms with E-state index in [2.05, 4.69) is 0 Å². The van der Waals surface area contributed by atoms with Crippen molar-refractivity contribution in [3.05, 3.63) is 94.8 Å². The number of carbonyl (C=O) groups excluding carboxylic acids is 4. The minimum atomic E-state index is -1.20. The Balaban J connectivity index is 1.20. The van der Waals surface area contributed by atoms with E-state index in [1.165, 1.54) is 17.0 Å². The fourth-order valence-electron chi connectivity index (χ4n) is 7.31. The van der Waals surface area contributed by atoms with Gasteiger partial charge in [0.2, 0.25) is 17.6 Å². The normalized spacial score (nSPS) is 22.6. The van der Waals surface area contributed by atoms with Crippen LogP contribution in [0.5, 0.6) is 0 Å². The Morgan fingerprint density at radius 3 is 2.27 bits per heavy atom. The number of rotatable bonds is 8. The molecule has 1 aromatic heterocycles. The standard InChI is InChI=1S/C35H27Cl2FN2O5/c36-15-14-28(32(41)19-6-10-22(38)11-7-19)45-35(44)25-17-27(39-31-24(25)2-1-3-26(31)37)18-8-12-23(13-9-18)40-33(42)29-20-4-5-21(16-20)30(29)34(40)43/h1-3,6-13,17,20-21,28-30H,4-5,14-16H2. The molecule has 7 rings (SSSR count). The first kappa shape index (κ1) is 29.6. The highest BCUT2D eigenvalue weighted by Crippen LogP contribution is 2.56. The lowest BCUT2D eigenvalue weighted by molar-refractivity contribution is -0.123. The van der Waals surface area contributed by atoms with Crippen LogP contribution in [-0.4, -0.2) is 40.5 Å². The largest absolute Gasteiger partial charge is 0.450 e. The molecule has 1 saturated heterocycles. The maximum Gasteiger partial charge on any atom is 0.339 e. The molecule has 3 aliphatic rings. The SMILES string of the molecule is O=C(OC(CCCl)C(=O)c1ccc(F)cc1)c1cc(-c2ccc(N3C(=O)C4C5CCC(C5)C4C3=O)cc2)nc2c(Cl)cccc12. The van der Waals surface area contributed by atoms with Crippen LogP contribution in [0.25, 0.3) is 22.2 Å². The van der Waals surface area contributed by atoms with Gasteiger partial charge in [-0.3, -0.25) is 19.3 Å². The lowest BCUT2D eigenvalue weighted by atomic mass is 9.81. The van der Waals surface area contributed by atoms with Crippen molar-refractivity contribution in [1.82, 2.24) is 4.98 Å². The first-order valence-corrected chi connectivity index (χ1v) is 15.8. The molecular weight excluding hydrogens is 618 g/mol. The number of hydrogen-bond acceptors (Lipinski definition) is 6. The van der Waals surface area contributed by atoms with E-state index in [1.807, 2.05) is 0 Å². The van der Waals surface area contributed by atoms with Crippen molar-refractivity contribution in [3.63, 3.8) is 0 Å². The lowest BCUT2D eigenvalue weighted by Gasteiger charge is -2.19. The number of pyridine rings is 1. The van der Waals surface area contributed by atoms with E-state index in [9.17, 15) is 23.6 Å². The number of aromatic nitrogens is 1. The van der Waals surface area contributed by atoms with Crippen molar-refractivity contribution in [2.24, 2.45) is 23.7 Å². The molecule has 2 amide bonds. The molecule has 0 spiro atoms. The van der Waals surface area contributed by atoms with E-state index in [0.29, 0.717) is 44.7 Å². The summed E-state index contributed by atoms with van der Waals surface area (Å²) >= 11 is 12.5. The number of amides is 2. The number of imide groups is 1. The third-order valence-corrected chi connectivity index (χ3v) is 9.92. The van der Waals surface area contributed by atoms with Gasteiger partial charge in [-0.25, -0.2) is 14.2 Å². The summed E-state index contributed by atoms with van der Waals surface area (Å²) in [5.41, 5.74) is 2.22. The topological polar surface area (TPSA) is 93.6 Å². The van der Waals surface area contributed by atoms with Crippen LogP contribution in [0, 0.1) is 29.5 Å². The summed E-state index contributed by atoms with van der Waals surface area (Å²) in [4.78, 5) is 59.5. The molecule has 45 heavy (non-hydrogen) atoms. The number of Topliss-reactive ketones (excluding diaryl/α,β-unsaturated/α-hetero) is 1. The smallest absolute Gasteiger partial charge is 0.339 e. The third-order valence-electron chi connectivity index (χ3n) is 9.40. The van der Waals surface area contributed by atoms with Crippen molar-refractivity contribution in [2.45, 2.75) is 31.8 Å². The van der Waals surface area contributed by atoms with Gasteiger partial charge in [0, 0.05) is 28.8 Å². The maximum absolute atomic E-state index is 13.7. The van der Waals surface area contributed by atoms with Crippen LogP contribution in [0.4, 0.5) is 10.1 Å². The van der Waals surface area contributed by atoms with Gasteiger partial charge in [0.15, 0.2) is 6.10 Å². The molecule has 7 nitrogen and oxygen atoms in total. The van der Waals surface area contributed by atoms with Gasteiger partial charge in [0.25, 0.3) is 0 Å². The molecule has 2 aliphatic carbocycles. The fraction of sp³-hybridized carbons (Fsp3) is 0.286. The average molecular weight is 646 g/mol. The number of carbonyl (C=O) groups is 4. The Hall–Kier alpha value is -4.14. The fourth-order valence-corrected chi connectivity index (χ4v) is 7.73. The van der Waals surface area contributed by atoms with Crippen LogP contribution >= 0.6 is 23.2 Å². The minimum Gasteiger partial charge on any atom is -0.450 e. The predicted molar refractivity (Wildman–Crippen MR) is 168 cm³/mol. The average Bonchev–Trinajstić information content (AvgIpc) is 3.74. The number of alkyl halides is 1. The zero-order valence-electron chi connectivity index (χ0n) is 23.9. The summed E-state index contributed by atoms with van der Waals surface area (Å²) in [5.74, 6) is -1.80. The molecule has 2 bridgehead atoms. The highest BCUT2D eigenvalue weighted by Gasteiger charge is 2.61. The Morgan fingerprint density at radius 1 is 0.956 bits per heavy atom. The number of hydrogen-bond donors (Lipinski definition) is 0. The Labute approximate surface area is 268 Å². The van der Waals surface area contributed by atoms with Crippen molar-refractivity contribution in [3.8, 4) is 11.3 Å². The summed E-state index contributed by atoms with van der Waals surface area (Å²) in [6.07, 6.45) is 1.83. The van der Waals surface area contributed by atoms with E-state index >= 15 is 0 Å². The summed E-state index contributed by atoms with van der Waals surface area (Å²) in [5, 5.41) is 0.746. The third kappa shape index (κ3) is 5.10. The summed E-state index contributed by atoms with van der Waals surface area (Å²) in [7, 11) is 0. The van der Waals surface area contributed by atoms with Gasteiger partial charge in [-0.2, -0.15) is 0 Å². The van der Waals surface area contributed by atoms with Crippen LogP contribution in [0.15, 0.2) is 72.8 Å². The summed E-state index contributed by atoms with van der Waals surface area (Å²) in [6.45, 7) is 0. The predicted octanol–water partition coefficient (Wildman–Crippen LogP) is 7.27. The molecule has 5 atom stereocenters. The first-order chi connectivity index (χ1) is 21.7. The van der Waals surface area contributed by atoms with Crippen LogP contribution in [-0.2, 0) is 14.3 Å².